The normalized spacial score (nSPS) is 10.5. The van der Waals surface area contributed by atoms with E-state index >= 15 is 0 Å². The van der Waals surface area contributed by atoms with E-state index in [-0.39, 0.29) is 5.69 Å². The Bertz CT molecular complexity index is 1000. The summed E-state index contributed by atoms with van der Waals surface area (Å²) in [4.78, 5) is 24.6. The van der Waals surface area contributed by atoms with Gasteiger partial charge < -0.3 is 5.32 Å². The van der Waals surface area contributed by atoms with Crippen molar-refractivity contribution >= 4 is 23.2 Å². The maximum atomic E-state index is 12.9. The lowest BCUT2D eigenvalue weighted by Gasteiger charge is -2.12. The number of aryl methyl sites for hydroxylation is 1. The highest BCUT2D eigenvalue weighted by Gasteiger charge is 2.16. The number of rotatable bonds is 3. The van der Waals surface area contributed by atoms with Crippen LogP contribution in [0.1, 0.15) is 16.2 Å². The summed E-state index contributed by atoms with van der Waals surface area (Å²) >= 11 is 6.17. The zero-order valence-electron chi connectivity index (χ0n) is 13.2. The molecular formula is C18H13ClFN3O2. The van der Waals surface area contributed by atoms with Gasteiger partial charge >= 0.3 is 0 Å². The summed E-state index contributed by atoms with van der Waals surface area (Å²) in [6.07, 6.45) is 0. The Hall–Kier alpha value is -2.99. The van der Waals surface area contributed by atoms with Crippen LogP contribution in [-0.2, 0) is 0 Å². The maximum Gasteiger partial charge on any atom is 0.280 e. The first-order chi connectivity index (χ1) is 12.0. The Kier molecular flexibility index (Phi) is 4.63. The third kappa shape index (κ3) is 3.59. The first kappa shape index (κ1) is 16.9. The number of aromatic nitrogens is 2. The van der Waals surface area contributed by atoms with Crippen molar-refractivity contribution in [3.63, 3.8) is 0 Å². The minimum Gasteiger partial charge on any atom is -0.320 e. The first-order valence-corrected chi connectivity index (χ1v) is 7.76. The average Bonchev–Trinajstić information content (AvgIpc) is 2.58. The number of nitrogens with one attached hydrogen (secondary N) is 1. The largest absolute Gasteiger partial charge is 0.320 e. The van der Waals surface area contributed by atoms with Crippen molar-refractivity contribution in [3.05, 3.63) is 87.0 Å². The van der Waals surface area contributed by atoms with E-state index in [4.69, 9.17) is 11.6 Å². The minimum absolute atomic E-state index is 0.283. The van der Waals surface area contributed by atoms with Crippen LogP contribution in [-0.4, -0.2) is 15.7 Å². The first-order valence-electron chi connectivity index (χ1n) is 7.38. The van der Waals surface area contributed by atoms with Crippen molar-refractivity contribution in [1.29, 1.82) is 0 Å². The highest BCUT2D eigenvalue weighted by Crippen LogP contribution is 2.20. The molecular weight excluding hydrogens is 345 g/mol. The van der Waals surface area contributed by atoms with Gasteiger partial charge in [0.05, 0.1) is 10.7 Å². The Morgan fingerprint density at radius 3 is 2.52 bits per heavy atom. The molecule has 2 aromatic carbocycles. The lowest BCUT2D eigenvalue weighted by atomic mass is 10.2. The fourth-order valence-electron chi connectivity index (χ4n) is 2.30. The molecule has 0 saturated carbocycles. The number of carbonyl (C=O) groups is 1. The summed E-state index contributed by atoms with van der Waals surface area (Å²) in [5.41, 5.74) is 0.654. The van der Waals surface area contributed by atoms with Gasteiger partial charge in [-0.1, -0.05) is 23.7 Å². The molecule has 5 nitrogen and oxygen atoms in total. The standard InChI is InChI=1S/C18H13ClFN3O2/c1-11-10-16(24)17(18(25)21-13-8-6-12(20)7-9-13)22-23(11)15-5-3-2-4-14(15)19/h2-10H,1H3,(H,21,25). The Balaban J connectivity index is 2.00. The molecule has 0 aliphatic carbocycles. The zero-order chi connectivity index (χ0) is 18.0. The lowest BCUT2D eigenvalue weighted by molar-refractivity contribution is 0.101. The third-order valence-electron chi connectivity index (χ3n) is 3.51. The molecule has 0 fully saturated rings. The maximum absolute atomic E-state index is 12.9. The number of hydrogen-bond donors (Lipinski definition) is 1. The van der Waals surface area contributed by atoms with Gasteiger partial charge in [-0.15, -0.1) is 0 Å². The molecule has 0 bridgehead atoms. The molecule has 0 aliphatic heterocycles. The van der Waals surface area contributed by atoms with E-state index in [9.17, 15) is 14.0 Å². The highest BCUT2D eigenvalue weighted by molar-refractivity contribution is 6.32. The molecule has 25 heavy (non-hydrogen) atoms. The predicted molar refractivity (Wildman–Crippen MR) is 93.9 cm³/mol. The van der Waals surface area contributed by atoms with Gasteiger partial charge in [0, 0.05) is 17.4 Å². The topological polar surface area (TPSA) is 64.0 Å². The van der Waals surface area contributed by atoms with Crippen LogP contribution >= 0.6 is 11.6 Å². The second-order valence-corrected chi connectivity index (χ2v) is 5.73. The van der Waals surface area contributed by atoms with Crippen LogP contribution in [0.3, 0.4) is 0 Å². The molecule has 3 rings (SSSR count). The SMILES string of the molecule is Cc1cc(=O)c(C(=O)Nc2ccc(F)cc2)nn1-c1ccccc1Cl. The summed E-state index contributed by atoms with van der Waals surface area (Å²) < 4.78 is 14.4. The van der Waals surface area contributed by atoms with Gasteiger partial charge in [-0.2, -0.15) is 5.10 Å². The van der Waals surface area contributed by atoms with Crippen molar-refractivity contribution in [2.45, 2.75) is 6.92 Å². The van der Waals surface area contributed by atoms with Crippen molar-refractivity contribution in [3.8, 4) is 5.69 Å². The van der Waals surface area contributed by atoms with E-state index in [1.165, 1.54) is 35.0 Å². The summed E-state index contributed by atoms with van der Waals surface area (Å²) in [6.45, 7) is 1.69. The van der Waals surface area contributed by atoms with Crippen LogP contribution in [0, 0.1) is 12.7 Å². The average molecular weight is 358 g/mol. The van der Waals surface area contributed by atoms with Crippen LogP contribution in [0.15, 0.2) is 59.4 Å². The monoisotopic (exact) mass is 357 g/mol. The van der Waals surface area contributed by atoms with Gasteiger partial charge in [0.25, 0.3) is 5.91 Å². The van der Waals surface area contributed by atoms with E-state index in [1.54, 1.807) is 31.2 Å². The third-order valence-corrected chi connectivity index (χ3v) is 3.82. The van der Waals surface area contributed by atoms with Crippen LogP contribution in [0.25, 0.3) is 5.69 Å². The summed E-state index contributed by atoms with van der Waals surface area (Å²) in [7, 11) is 0. The molecule has 0 aliphatic rings. The number of anilines is 1. The van der Waals surface area contributed by atoms with Crippen LogP contribution in [0.4, 0.5) is 10.1 Å². The van der Waals surface area contributed by atoms with Gasteiger partial charge in [0.2, 0.25) is 5.43 Å². The second kappa shape index (κ2) is 6.86. The predicted octanol–water partition coefficient (Wildman–Crippen LogP) is 3.59. The van der Waals surface area contributed by atoms with Gasteiger partial charge in [-0.3, -0.25) is 9.59 Å². The Morgan fingerprint density at radius 1 is 1.16 bits per heavy atom. The van der Waals surface area contributed by atoms with Crippen molar-refractivity contribution in [2.75, 3.05) is 5.32 Å². The van der Waals surface area contributed by atoms with E-state index < -0.39 is 17.2 Å². The molecule has 0 spiro atoms. The molecule has 1 aromatic heterocycles. The van der Waals surface area contributed by atoms with Crippen molar-refractivity contribution in [1.82, 2.24) is 9.78 Å². The molecule has 0 atom stereocenters. The number of halogens is 2. The fourth-order valence-corrected chi connectivity index (χ4v) is 2.51. The fraction of sp³-hybridized carbons (Fsp3) is 0.0556. The van der Waals surface area contributed by atoms with E-state index in [0.29, 0.717) is 22.1 Å². The summed E-state index contributed by atoms with van der Waals surface area (Å²) in [5.74, 6) is -1.11. The number of carbonyl (C=O) groups excluding carboxylic acids is 1. The molecule has 7 heteroatoms. The van der Waals surface area contributed by atoms with Gasteiger partial charge in [-0.25, -0.2) is 9.07 Å². The molecule has 0 unspecified atom stereocenters. The van der Waals surface area contributed by atoms with Gasteiger partial charge in [0.1, 0.15) is 5.82 Å². The Morgan fingerprint density at radius 2 is 1.84 bits per heavy atom. The number of amides is 1. The molecule has 0 saturated heterocycles. The molecule has 1 amide bonds. The van der Waals surface area contributed by atoms with Gasteiger partial charge in [-0.05, 0) is 43.3 Å². The van der Waals surface area contributed by atoms with Crippen molar-refractivity contribution in [2.24, 2.45) is 0 Å². The number of benzene rings is 2. The number of nitrogens with zero attached hydrogens (tertiary/aromatic N) is 2. The molecule has 3 aromatic rings. The van der Waals surface area contributed by atoms with Crippen LogP contribution in [0.2, 0.25) is 5.02 Å². The van der Waals surface area contributed by atoms with Crippen LogP contribution in [0.5, 0.6) is 0 Å². The zero-order valence-corrected chi connectivity index (χ0v) is 13.9. The number of hydrogen-bond acceptors (Lipinski definition) is 3. The molecule has 1 heterocycles. The van der Waals surface area contributed by atoms with E-state index in [2.05, 4.69) is 10.4 Å². The van der Waals surface area contributed by atoms with E-state index in [1.807, 2.05) is 0 Å². The summed E-state index contributed by atoms with van der Waals surface area (Å²) in [5, 5.41) is 7.11. The number of para-hydroxylation sites is 1. The molecule has 1 N–H and O–H groups in total. The van der Waals surface area contributed by atoms with Crippen LogP contribution < -0.4 is 10.7 Å². The lowest BCUT2D eigenvalue weighted by Crippen LogP contribution is -2.27. The Labute approximate surface area is 147 Å². The quantitative estimate of drug-likeness (QED) is 0.779. The van der Waals surface area contributed by atoms with E-state index in [0.717, 1.165) is 0 Å². The van der Waals surface area contributed by atoms with Crippen molar-refractivity contribution < 1.29 is 9.18 Å². The second-order valence-electron chi connectivity index (χ2n) is 5.32. The smallest absolute Gasteiger partial charge is 0.280 e. The molecule has 126 valence electrons. The van der Waals surface area contributed by atoms with Gasteiger partial charge in [0.15, 0.2) is 5.69 Å². The highest BCUT2D eigenvalue weighted by atomic mass is 35.5. The summed E-state index contributed by atoms with van der Waals surface area (Å²) in [6, 6.07) is 13.5. The molecule has 0 radical (unpaired) electrons. The minimum atomic E-state index is -0.683.